The average Bonchev–Trinajstić information content (AvgIpc) is 2.50. The number of anilines is 1. The van der Waals surface area contributed by atoms with Crippen LogP contribution in [0.15, 0.2) is 30.3 Å². The highest BCUT2D eigenvalue weighted by atomic mass is 15.2. The molecule has 0 aliphatic heterocycles. The Bertz CT molecular complexity index is 592. The quantitative estimate of drug-likeness (QED) is 0.874. The molecular formula is C18H27N3. The van der Waals surface area contributed by atoms with Crippen LogP contribution in [0.2, 0.25) is 0 Å². The second kappa shape index (κ2) is 6.90. The zero-order valence-electron chi connectivity index (χ0n) is 13.9. The molecule has 1 heterocycles. The molecule has 0 saturated heterocycles. The van der Waals surface area contributed by atoms with E-state index in [1.54, 1.807) is 0 Å². The molecule has 3 nitrogen and oxygen atoms in total. The van der Waals surface area contributed by atoms with Gasteiger partial charge in [0.1, 0.15) is 5.82 Å². The van der Waals surface area contributed by atoms with Crippen LogP contribution < -0.4 is 10.2 Å². The molecule has 0 aliphatic rings. The number of hydrogen-bond donors (Lipinski definition) is 1. The van der Waals surface area contributed by atoms with Gasteiger partial charge in [0.25, 0.3) is 0 Å². The molecule has 21 heavy (non-hydrogen) atoms. The Morgan fingerprint density at radius 2 is 1.90 bits per heavy atom. The molecule has 2 rings (SSSR count). The van der Waals surface area contributed by atoms with E-state index >= 15 is 0 Å². The minimum absolute atomic E-state index is 0.457. The van der Waals surface area contributed by atoms with Gasteiger partial charge in [-0.05, 0) is 31.5 Å². The summed E-state index contributed by atoms with van der Waals surface area (Å²) in [5.74, 6) is 1.69. The lowest BCUT2D eigenvalue weighted by Crippen LogP contribution is -2.35. The minimum Gasteiger partial charge on any atom is -0.356 e. The van der Waals surface area contributed by atoms with Gasteiger partial charge >= 0.3 is 0 Å². The predicted molar refractivity (Wildman–Crippen MR) is 91.8 cm³/mol. The highest BCUT2D eigenvalue weighted by molar-refractivity contribution is 5.81. The van der Waals surface area contributed by atoms with E-state index in [0.29, 0.717) is 12.0 Å². The van der Waals surface area contributed by atoms with Crippen molar-refractivity contribution in [3.05, 3.63) is 35.9 Å². The first-order valence-electron chi connectivity index (χ1n) is 7.86. The van der Waals surface area contributed by atoms with Crippen LogP contribution in [0.3, 0.4) is 0 Å². The van der Waals surface area contributed by atoms with Crippen molar-refractivity contribution in [2.45, 2.75) is 40.3 Å². The first kappa shape index (κ1) is 15.8. The summed E-state index contributed by atoms with van der Waals surface area (Å²) >= 11 is 0. The number of para-hydroxylation sites is 1. The van der Waals surface area contributed by atoms with Crippen LogP contribution in [-0.2, 0) is 6.54 Å². The third kappa shape index (κ3) is 3.53. The summed E-state index contributed by atoms with van der Waals surface area (Å²) in [6, 6.07) is 11.1. The lowest BCUT2D eigenvalue weighted by Gasteiger charge is -2.31. The maximum absolute atomic E-state index is 4.92. The van der Waals surface area contributed by atoms with Crippen molar-refractivity contribution in [3.63, 3.8) is 0 Å². The van der Waals surface area contributed by atoms with Gasteiger partial charge in [-0.3, -0.25) is 0 Å². The fourth-order valence-corrected chi connectivity index (χ4v) is 2.48. The molecule has 114 valence electrons. The largest absolute Gasteiger partial charge is 0.356 e. The number of nitrogens with zero attached hydrogens (tertiary/aromatic N) is 2. The van der Waals surface area contributed by atoms with Crippen molar-refractivity contribution in [1.82, 2.24) is 10.3 Å². The Morgan fingerprint density at radius 3 is 2.57 bits per heavy atom. The highest BCUT2D eigenvalue weighted by Gasteiger charge is 2.18. The summed E-state index contributed by atoms with van der Waals surface area (Å²) in [5.41, 5.74) is 2.33. The second-order valence-corrected chi connectivity index (χ2v) is 6.04. The molecule has 1 atom stereocenters. The van der Waals surface area contributed by atoms with E-state index in [0.717, 1.165) is 24.4 Å². The van der Waals surface area contributed by atoms with Gasteiger partial charge in [0, 0.05) is 30.6 Å². The van der Waals surface area contributed by atoms with Crippen molar-refractivity contribution in [2.24, 2.45) is 5.92 Å². The van der Waals surface area contributed by atoms with E-state index in [4.69, 9.17) is 4.98 Å². The Morgan fingerprint density at radius 1 is 1.19 bits per heavy atom. The topological polar surface area (TPSA) is 28.2 Å². The second-order valence-electron chi connectivity index (χ2n) is 6.04. The number of fused-ring (bicyclic) bond motifs is 1. The van der Waals surface area contributed by atoms with Gasteiger partial charge in [-0.2, -0.15) is 0 Å². The molecule has 1 N–H and O–H groups in total. The number of pyridine rings is 1. The molecule has 0 bridgehead atoms. The molecular weight excluding hydrogens is 258 g/mol. The SMILES string of the molecule is CCNCc1cc2ccccc2nc1N(C)C(C)C(C)C. The Balaban J connectivity index is 2.47. The van der Waals surface area contributed by atoms with Gasteiger partial charge < -0.3 is 10.2 Å². The van der Waals surface area contributed by atoms with Crippen LogP contribution in [0.25, 0.3) is 10.9 Å². The van der Waals surface area contributed by atoms with Crippen LogP contribution >= 0.6 is 0 Å². The van der Waals surface area contributed by atoms with E-state index in [1.165, 1.54) is 10.9 Å². The summed E-state index contributed by atoms with van der Waals surface area (Å²) < 4.78 is 0. The highest BCUT2D eigenvalue weighted by Crippen LogP contribution is 2.25. The number of hydrogen-bond acceptors (Lipinski definition) is 3. The third-order valence-corrected chi connectivity index (χ3v) is 4.26. The van der Waals surface area contributed by atoms with Gasteiger partial charge in [-0.15, -0.1) is 0 Å². The Hall–Kier alpha value is -1.61. The lowest BCUT2D eigenvalue weighted by molar-refractivity contribution is 0.501. The summed E-state index contributed by atoms with van der Waals surface area (Å²) in [5, 5.41) is 4.63. The fourth-order valence-electron chi connectivity index (χ4n) is 2.48. The first-order chi connectivity index (χ1) is 10.0. The van der Waals surface area contributed by atoms with Crippen LogP contribution in [0, 0.1) is 5.92 Å². The molecule has 0 fully saturated rings. The maximum atomic E-state index is 4.92. The molecule has 0 saturated carbocycles. The van der Waals surface area contributed by atoms with Crippen molar-refractivity contribution in [2.75, 3.05) is 18.5 Å². The van der Waals surface area contributed by atoms with Crippen LogP contribution in [0.4, 0.5) is 5.82 Å². The fraction of sp³-hybridized carbons (Fsp3) is 0.500. The summed E-state index contributed by atoms with van der Waals surface area (Å²) in [6.45, 7) is 10.7. The van der Waals surface area contributed by atoms with Crippen molar-refractivity contribution < 1.29 is 0 Å². The third-order valence-electron chi connectivity index (χ3n) is 4.26. The summed E-state index contributed by atoms with van der Waals surface area (Å²) in [4.78, 5) is 7.23. The van der Waals surface area contributed by atoms with Gasteiger partial charge in [0.05, 0.1) is 5.52 Å². The normalized spacial score (nSPS) is 12.9. The molecule has 2 aromatic rings. The maximum Gasteiger partial charge on any atom is 0.133 e. The summed E-state index contributed by atoms with van der Waals surface area (Å²) in [7, 11) is 2.15. The van der Waals surface area contributed by atoms with Gasteiger partial charge in [0.2, 0.25) is 0 Å². The molecule has 0 aliphatic carbocycles. The minimum atomic E-state index is 0.457. The van der Waals surface area contributed by atoms with Gasteiger partial charge in [-0.1, -0.05) is 39.0 Å². The predicted octanol–water partition coefficient (Wildman–Crippen LogP) is 3.83. The first-order valence-corrected chi connectivity index (χ1v) is 7.86. The number of aromatic nitrogens is 1. The molecule has 3 heteroatoms. The van der Waals surface area contributed by atoms with Crippen molar-refractivity contribution >= 4 is 16.7 Å². The lowest BCUT2D eigenvalue weighted by atomic mass is 10.0. The van der Waals surface area contributed by atoms with E-state index in [1.807, 2.05) is 0 Å². The van der Waals surface area contributed by atoms with E-state index in [9.17, 15) is 0 Å². The zero-order chi connectivity index (χ0) is 15.4. The average molecular weight is 285 g/mol. The molecule has 1 unspecified atom stereocenters. The standard InChI is InChI=1S/C18H27N3/c1-6-19-12-16-11-15-9-7-8-10-17(15)20-18(16)21(5)14(4)13(2)3/h7-11,13-14,19H,6,12H2,1-5H3. The molecule has 1 aromatic heterocycles. The van der Waals surface area contributed by atoms with Gasteiger partial charge in [0.15, 0.2) is 0 Å². The Labute approximate surface area is 128 Å². The van der Waals surface area contributed by atoms with E-state index < -0.39 is 0 Å². The van der Waals surface area contributed by atoms with E-state index in [2.05, 4.69) is 75.3 Å². The smallest absolute Gasteiger partial charge is 0.133 e. The van der Waals surface area contributed by atoms with Gasteiger partial charge in [-0.25, -0.2) is 4.98 Å². The molecule has 1 aromatic carbocycles. The zero-order valence-corrected chi connectivity index (χ0v) is 13.9. The van der Waals surface area contributed by atoms with Crippen molar-refractivity contribution in [1.29, 1.82) is 0 Å². The number of rotatable bonds is 6. The Kier molecular flexibility index (Phi) is 5.18. The molecule has 0 radical (unpaired) electrons. The van der Waals surface area contributed by atoms with Crippen molar-refractivity contribution in [3.8, 4) is 0 Å². The number of nitrogens with one attached hydrogen (secondary N) is 1. The summed E-state index contributed by atoms with van der Waals surface area (Å²) in [6.07, 6.45) is 0. The van der Waals surface area contributed by atoms with Crippen LogP contribution in [0.5, 0.6) is 0 Å². The molecule has 0 spiro atoms. The van der Waals surface area contributed by atoms with Crippen LogP contribution in [-0.4, -0.2) is 24.6 Å². The molecule has 0 amide bonds. The van der Waals surface area contributed by atoms with Crippen LogP contribution in [0.1, 0.15) is 33.3 Å². The monoisotopic (exact) mass is 285 g/mol. The van der Waals surface area contributed by atoms with E-state index in [-0.39, 0.29) is 0 Å². The number of benzene rings is 1.